The number of nitrogens with one attached hydrogen (secondary N) is 2. The second-order valence-corrected chi connectivity index (χ2v) is 4.22. The number of nitrogens with zero attached hydrogens (tertiary/aromatic N) is 2. The summed E-state index contributed by atoms with van der Waals surface area (Å²) in [4.78, 5) is 8.80. The van der Waals surface area contributed by atoms with Crippen LogP contribution in [0.1, 0.15) is 19.2 Å². The number of hydrogen-bond acceptors (Lipinski definition) is 6. The van der Waals surface area contributed by atoms with Gasteiger partial charge in [0.05, 0.1) is 12.6 Å². The van der Waals surface area contributed by atoms with Crippen LogP contribution in [-0.2, 0) is 16.1 Å². The Labute approximate surface area is 107 Å². The highest BCUT2D eigenvalue weighted by Crippen LogP contribution is 2.15. The van der Waals surface area contributed by atoms with Gasteiger partial charge >= 0.3 is 0 Å². The Hall–Kier alpha value is -1.40. The minimum atomic E-state index is 0.338. The van der Waals surface area contributed by atoms with Crippen molar-refractivity contribution in [3.05, 3.63) is 11.9 Å². The van der Waals surface area contributed by atoms with E-state index in [4.69, 9.17) is 9.47 Å². The van der Waals surface area contributed by atoms with E-state index in [0.717, 1.165) is 37.8 Å². The van der Waals surface area contributed by atoms with Crippen LogP contribution in [0.4, 0.5) is 11.6 Å². The van der Waals surface area contributed by atoms with E-state index in [1.807, 2.05) is 13.0 Å². The fourth-order valence-corrected chi connectivity index (χ4v) is 1.89. The summed E-state index contributed by atoms with van der Waals surface area (Å²) >= 11 is 0. The molecule has 18 heavy (non-hydrogen) atoms. The molecule has 0 bridgehead atoms. The first-order valence-corrected chi connectivity index (χ1v) is 6.27. The monoisotopic (exact) mass is 252 g/mol. The molecule has 1 aliphatic rings. The molecule has 6 heteroatoms. The molecule has 0 saturated carbocycles. The van der Waals surface area contributed by atoms with Gasteiger partial charge in [-0.3, -0.25) is 0 Å². The summed E-state index contributed by atoms with van der Waals surface area (Å²) in [7, 11) is 1.64. The molecule has 100 valence electrons. The molecule has 0 aromatic carbocycles. The van der Waals surface area contributed by atoms with Crippen molar-refractivity contribution in [2.45, 2.75) is 26.0 Å². The molecule has 2 rings (SSSR count). The topological polar surface area (TPSA) is 68.3 Å². The highest BCUT2D eigenvalue weighted by atomic mass is 16.5. The third kappa shape index (κ3) is 3.54. The van der Waals surface area contributed by atoms with Gasteiger partial charge in [0, 0.05) is 26.3 Å². The predicted molar refractivity (Wildman–Crippen MR) is 69.8 cm³/mol. The number of aromatic nitrogens is 2. The second kappa shape index (κ2) is 6.51. The highest BCUT2D eigenvalue weighted by Gasteiger charge is 2.16. The lowest BCUT2D eigenvalue weighted by Gasteiger charge is -2.13. The average molecular weight is 252 g/mol. The Bertz CT molecular complexity index is 356. The maximum atomic E-state index is 5.34. The maximum absolute atomic E-state index is 5.34. The molecule has 1 saturated heterocycles. The van der Waals surface area contributed by atoms with Gasteiger partial charge in [-0.1, -0.05) is 0 Å². The van der Waals surface area contributed by atoms with Gasteiger partial charge in [-0.05, 0) is 13.3 Å². The molecule has 1 atom stereocenters. The number of ether oxygens (including phenoxy) is 2. The lowest BCUT2D eigenvalue weighted by molar-refractivity contribution is 0.178. The zero-order valence-electron chi connectivity index (χ0n) is 10.9. The fraction of sp³-hybridized carbons (Fsp3) is 0.667. The number of methoxy groups -OCH3 is 1. The Kier molecular flexibility index (Phi) is 4.72. The standard InChI is InChI=1S/C12H20N4O2/c1-3-13-10-6-11(14-9-4-5-18-7-9)16-12(15-10)8-17-2/h6,9H,3-5,7-8H2,1-2H3,(H2,13,14,15,16). The molecule has 2 N–H and O–H groups in total. The zero-order valence-corrected chi connectivity index (χ0v) is 10.9. The molecule has 0 spiro atoms. The van der Waals surface area contributed by atoms with Crippen molar-refractivity contribution in [3.8, 4) is 0 Å². The summed E-state index contributed by atoms with van der Waals surface area (Å²) in [6.07, 6.45) is 1.01. The normalized spacial score (nSPS) is 18.9. The van der Waals surface area contributed by atoms with Gasteiger partial charge < -0.3 is 20.1 Å². The fourth-order valence-electron chi connectivity index (χ4n) is 1.89. The maximum Gasteiger partial charge on any atom is 0.158 e. The van der Waals surface area contributed by atoms with Crippen LogP contribution in [0.15, 0.2) is 6.07 Å². The van der Waals surface area contributed by atoms with Gasteiger partial charge in [0.25, 0.3) is 0 Å². The summed E-state index contributed by atoms with van der Waals surface area (Å²) in [5.41, 5.74) is 0. The third-order valence-corrected chi connectivity index (χ3v) is 2.69. The Balaban J connectivity index is 2.10. The van der Waals surface area contributed by atoms with Crippen molar-refractivity contribution in [1.29, 1.82) is 0 Å². The van der Waals surface area contributed by atoms with Gasteiger partial charge in [0.15, 0.2) is 5.82 Å². The van der Waals surface area contributed by atoms with E-state index in [-0.39, 0.29) is 0 Å². The molecule has 6 nitrogen and oxygen atoms in total. The summed E-state index contributed by atoms with van der Waals surface area (Å²) in [6.45, 7) is 4.83. The number of rotatable bonds is 6. The summed E-state index contributed by atoms with van der Waals surface area (Å²) < 4.78 is 10.4. The highest BCUT2D eigenvalue weighted by molar-refractivity contribution is 5.48. The molecule has 0 aliphatic carbocycles. The van der Waals surface area contributed by atoms with Crippen LogP contribution < -0.4 is 10.6 Å². The molecule has 1 fully saturated rings. The number of hydrogen-bond donors (Lipinski definition) is 2. The first-order valence-electron chi connectivity index (χ1n) is 6.27. The SMILES string of the molecule is CCNc1cc(NC2CCOC2)nc(COC)n1. The van der Waals surface area contributed by atoms with Crippen LogP contribution in [0.3, 0.4) is 0 Å². The summed E-state index contributed by atoms with van der Waals surface area (Å²) in [5.74, 6) is 2.32. The third-order valence-electron chi connectivity index (χ3n) is 2.69. The minimum absolute atomic E-state index is 0.338. The largest absolute Gasteiger partial charge is 0.379 e. The van der Waals surface area contributed by atoms with Gasteiger partial charge in [-0.2, -0.15) is 0 Å². The van der Waals surface area contributed by atoms with Crippen molar-refractivity contribution < 1.29 is 9.47 Å². The van der Waals surface area contributed by atoms with Crippen molar-refractivity contribution in [3.63, 3.8) is 0 Å². The van der Waals surface area contributed by atoms with Crippen LogP contribution in [0, 0.1) is 0 Å². The molecule has 1 unspecified atom stereocenters. The van der Waals surface area contributed by atoms with Crippen molar-refractivity contribution in [1.82, 2.24) is 9.97 Å². The zero-order chi connectivity index (χ0) is 12.8. The first-order chi connectivity index (χ1) is 8.81. The Morgan fingerprint density at radius 1 is 1.44 bits per heavy atom. The smallest absolute Gasteiger partial charge is 0.158 e. The quantitative estimate of drug-likeness (QED) is 0.794. The second-order valence-electron chi connectivity index (χ2n) is 4.22. The van der Waals surface area contributed by atoms with E-state index < -0.39 is 0 Å². The van der Waals surface area contributed by atoms with Gasteiger partial charge in [0.2, 0.25) is 0 Å². The predicted octanol–water partition coefficient (Wildman–Crippen LogP) is 1.26. The molecule has 1 aliphatic heterocycles. The van der Waals surface area contributed by atoms with E-state index in [1.54, 1.807) is 7.11 Å². The van der Waals surface area contributed by atoms with Crippen LogP contribution in [0.5, 0.6) is 0 Å². The van der Waals surface area contributed by atoms with Gasteiger partial charge in [-0.25, -0.2) is 9.97 Å². The lowest BCUT2D eigenvalue weighted by atomic mass is 10.2. The average Bonchev–Trinajstić information content (AvgIpc) is 2.82. The van der Waals surface area contributed by atoms with Gasteiger partial charge in [-0.15, -0.1) is 0 Å². The van der Waals surface area contributed by atoms with E-state index >= 15 is 0 Å². The van der Waals surface area contributed by atoms with Crippen molar-refractivity contribution >= 4 is 11.6 Å². The summed E-state index contributed by atoms with van der Waals surface area (Å²) in [6, 6.07) is 2.26. The molecular weight excluding hydrogens is 232 g/mol. The van der Waals surface area contributed by atoms with E-state index in [1.165, 1.54) is 0 Å². The van der Waals surface area contributed by atoms with E-state index in [0.29, 0.717) is 18.5 Å². The molecule has 0 radical (unpaired) electrons. The lowest BCUT2D eigenvalue weighted by Crippen LogP contribution is -2.20. The first kappa shape index (κ1) is 13.0. The minimum Gasteiger partial charge on any atom is -0.379 e. The Morgan fingerprint density at radius 2 is 2.28 bits per heavy atom. The molecule has 0 amide bonds. The van der Waals surface area contributed by atoms with Crippen molar-refractivity contribution in [2.24, 2.45) is 0 Å². The van der Waals surface area contributed by atoms with E-state index in [9.17, 15) is 0 Å². The number of anilines is 2. The van der Waals surface area contributed by atoms with Crippen molar-refractivity contribution in [2.75, 3.05) is 37.5 Å². The molecular formula is C12H20N4O2. The van der Waals surface area contributed by atoms with Crippen LogP contribution >= 0.6 is 0 Å². The Morgan fingerprint density at radius 3 is 2.94 bits per heavy atom. The molecule has 1 aromatic heterocycles. The molecule has 2 heterocycles. The van der Waals surface area contributed by atoms with E-state index in [2.05, 4.69) is 20.6 Å². The molecule has 1 aromatic rings. The van der Waals surface area contributed by atoms with Crippen LogP contribution in [0.25, 0.3) is 0 Å². The van der Waals surface area contributed by atoms with Crippen LogP contribution in [0.2, 0.25) is 0 Å². The van der Waals surface area contributed by atoms with Gasteiger partial charge in [0.1, 0.15) is 18.2 Å². The summed E-state index contributed by atoms with van der Waals surface area (Å²) in [5, 5.41) is 6.56. The van der Waals surface area contributed by atoms with Crippen LogP contribution in [-0.4, -0.2) is 42.9 Å².